The van der Waals surface area contributed by atoms with E-state index < -0.39 is 11.9 Å². The van der Waals surface area contributed by atoms with E-state index in [2.05, 4.69) is 4.98 Å². The summed E-state index contributed by atoms with van der Waals surface area (Å²) in [7, 11) is 2.97. The Morgan fingerprint density at radius 3 is 2.33 bits per heavy atom. The molecule has 0 unspecified atom stereocenters. The number of hydrogen-bond donors (Lipinski definition) is 1. The normalized spacial score (nSPS) is 10.6. The van der Waals surface area contributed by atoms with Crippen LogP contribution in [-0.2, 0) is 0 Å². The van der Waals surface area contributed by atoms with E-state index in [4.69, 9.17) is 32.7 Å². The predicted octanol–water partition coefficient (Wildman–Crippen LogP) is 5.45. The molecule has 10 heteroatoms. The summed E-state index contributed by atoms with van der Waals surface area (Å²) in [5.74, 6) is -0.824. The second-order valence-corrected chi connectivity index (χ2v) is 8.04. The number of benzene rings is 2. The summed E-state index contributed by atoms with van der Waals surface area (Å²) in [6.45, 7) is 1.62. The third-order valence-electron chi connectivity index (χ3n) is 4.17. The quantitative estimate of drug-likeness (QED) is 0.519. The zero-order valence-electron chi connectivity index (χ0n) is 16.1. The van der Waals surface area contributed by atoms with Gasteiger partial charge < -0.3 is 14.6 Å². The van der Waals surface area contributed by atoms with Crippen LogP contribution in [0, 0.1) is 6.92 Å². The van der Waals surface area contributed by atoms with Gasteiger partial charge in [-0.2, -0.15) is 0 Å². The van der Waals surface area contributed by atoms with Gasteiger partial charge in [0.2, 0.25) is 0 Å². The van der Waals surface area contributed by atoms with Crippen molar-refractivity contribution in [2.75, 3.05) is 19.1 Å². The summed E-state index contributed by atoms with van der Waals surface area (Å²) >= 11 is 13.3. The van der Waals surface area contributed by atoms with Crippen LogP contribution in [0.4, 0.5) is 10.8 Å². The number of aromatic nitrogens is 1. The van der Waals surface area contributed by atoms with E-state index in [0.29, 0.717) is 27.1 Å². The average Bonchev–Trinajstić information content (AvgIpc) is 3.09. The maximum absolute atomic E-state index is 13.5. The molecule has 1 N–H and O–H groups in total. The molecule has 3 rings (SSSR count). The Balaban J connectivity index is 2.20. The van der Waals surface area contributed by atoms with Crippen LogP contribution in [0.5, 0.6) is 11.5 Å². The van der Waals surface area contributed by atoms with Crippen LogP contribution < -0.4 is 14.4 Å². The average molecular weight is 467 g/mol. The minimum Gasteiger partial charge on any atom is -0.493 e. The first-order chi connectivity index (χ1) is 14.3. The highest BCUT2D eigenvalue weighted by molar-refractivity contribution is 7.16. The number of carboxylic acids is 1. The van der Waals surface area contributed by atoms with E-state index in [1.165, 1.54) is 31.3 Å². The molecule has 0 fully saturated rings. The number of rotatable bonds is 6. The van der Waals surface area contributed by atoms with E-state index in [-0.39, 0.29) is 21.4 Å². The molecule has 3 aromatic rings. The van der Waals surface area contributed by atoms with E-state index >= 15 is 0 Å². The van der Waals surface area contributed by atoms with Gasteiger partial charge >= 0.3 is 5.97 Å². The van der Waals surface area contributed by atoms with Gasteiger partial charge in [0.25, 0.3) is 5.91 Å². The number of thiazole rings is 1. The molecule has 0 aliphatic heterocycles. The molecule has 0 radical (unpaired) electrons. The number of aryl methyl sites for hydroxylation is 1. The molecule has 30 heavy (non-hydrogen) atoms. The van der Waals surface area contributed by atoms with Gasteiger partial charge in [-0.25, -0.2) is 9.78 Å². The third-order valence-corrected chi connectivity index (χ3v) is 5.67. The van der Waals surface area contributed by atoms with Crippen LogP contribution in [0.15, 0.2) is 36.4 Å². The van der Waals surface area contributed by atoms with Crippen molar-refractivity contribution in [2.24, 2.45) is 0 Å². The van der Waals surface area contributed by atoms with Gasteiger partial charge in [0, 0.05) is 16.0 Å². The zero-order valence-corrected chi connectivity index (χ0v) is 18.4. The second-order valence-electron chi connectivity index (χ2n) is 6.01. The van der Waals surface area contributed by atoms with Crippen LogP contribution in [-0.4, -0.2) is 36.2 Å². The van der Waals surface area contributed by atoms with Gasteiger partial charge in [0.15, 0.2) is 22.3 Å². The summed E-state index contributed by atoms with van der Waals surface area (Å²) < 4.78 is 10.6. The number of carbonyl (C=O) groups is 2. The van der Waals surface area contributed by atoms with Crippen molar-refractivity contribution in [1.82, 2.24) is 4.98 Å². The molecule has 1 heterocycles. The van der Waals surface area contributed by atoms with Crippen molar-refractivity contribution in [1.29, 1.82) is 0 Å². The largest absolute Gasteiger partial charge is 0.493 e. The molecule has 2 aromatic carbocycles. The standard InChI is InChI=1S/C20H16Cl2N2O5S/c1-10-17(19(26)27)23-20(30-10)24(12-5-7-15(28-2)16(9-12)29-3)18(25)13-6-4-11(21)8-14(13)22/h4-9H,1-3H3,(H,26,27). The third kappa shape index (κ3) is 4.21. The number of aromatic carboxylic acids is 1. The number of methoxy groups -OCH3 is 2. The number of anilines is 2. The van der Waals surface area contributed by atoms with Crippen LogP contribution in [0.2, 0.25) is 10.0 Å². The Labute approximate surface area is 186 Å². The minimum absolute atomic E-state index is 0.129. The Kier molecular flexibility index (Phi) is 6.50. The van der Waals surface area contributed by atoms with Crippen molar-refractivity contribution in [3.8, 4) is 11.5 Å². The van der Waals surface area contributed by atoms with Crippen molar-refractivity contribution in [2.45, 2.75) is 6.92 Å². The first kappa shape index (κ1) is 21.9. The molecule has 0 bridgehead atoms. The maximum Gasteiger partial charge on any atom is 0.355 e. The fourth-order valence-electron chi connectivity index (χ4n) is 2.74. The van der Waals surface area contributed by atoms with E-state index in [1.807, 2.05) is 0 Å². The molecule has 0 saturated heterocycles. The fourth-order valence-corrected chi connectivity index (χ4v) is 4.15. The number of hydrogen-bond acceptors (Lipinski definition) is 6. The Morgan fingerprint density at radius 2 is 1.77 bits per heavy atom. The number of nitrogens with zero attached hydrogens (tertiary/aromatic N) is 2. The highest BCUT2D eigenvalue weighted by Crippen LogP contribution is 2.38. The lowest BCUT2D eigenvalue weighted by molar-refractivity contribution is 0.0690. The van der Waals surface area contributed by atoms with Crippen LogP contribution in [0.1, 0.15) is 25.7 Å². The molecule has 1 amide bonds. The number of amides is 1. The molecule has 0 aliphatic carbocycles. The number of halogens is 2. The topological polar surface area (TPSA) is 89.0 Å². The van der Waals surface area contributed by atoms with Gasteiger partial charge in [0.05, 0.1) is 30.5 Å². The van der Waals surface area contributed by atoms with E-state index in [9.17, 15) is 14.7 Å². The Bertz CT molecular complexity index is 1130. The lowest BCUT2D eigenvalue weighted by Gasteiger charge is -2.22. The second kappa shape index (κ2) is 8.91. The highest BCUT2D eigenvalue weighted by atomic mass is 35.5. The SMILES string of the molecule is COc1ccc(N(C(=O)c2ccc(Cl)cc2Cl)c2nc(C(=O)O)c(C)s2)cc1OC. The van der Waals surface area contributed by atoms with Gasteiger partial charge in [-0.3, -0.25) is 9.69 Å². The summed E-state index contributed by atoms with van der Waals surface area (Å²) in [5, 5.41) is 10.1. The predicted molar refractivity (Wildman–Crippen MR) is 116 cm³/mol. The van der Waals surface area contributed by atoms with E-state index in [1.54, 1.807) is 31.2 Å². The lowest BCUT2D eigenvalue weighted by Crippen LogP contribution is -2.26. The first-order valence-electron chi connectivity index (χ1n) is 8.49. The molecular weight excluding hydrogens is 451 g/mol. The zero-order chi connectivity index (χ0) is 22.0. The first-order valence-corrected chi connectivity index (χ1v) is 10.1. The molecule has 156 valence electrons. The summed E-state index contributed by atoms with van der Waals surface area (Å²) in [6.07, 6.45) is 0. The monoisotopic (exact) mass is 466 g/mol. The summed E-state index contributed by atoms with van der Waals surface area (Å²) in [6, 6.07) is 9.37. The van der Waals surface area contributed by atoms with Crippen LogP contribution in [0.25, 0.3) is 0 Å². The van der Waals surface area contributed by atoms with Gasteiger partial charge in [0.1, 0.15) is 0 Å². The molecule has 0 aliphatic rings. The molecule has 0 atom stereocenters. The van der Waals surface area contributed by atoms with E-state index in [0.717, 1.165) is 11.3 Å². The summed E-state index contributed by atoms with van der Waals surface area (Å²) in [5.41, 5.74) is 0.449. The van der Waals surface area contributed by atoms with Crippen LogP contribution >= 0.6 is 34.5 Å². The molecular formula is C20H16Cl2N2O5S. The number of carbonyl (C=O) groups excluding carboxylic acids is 1. The van der Waals surface area contributed by atoms with Crippen LogP contribution in [0.3, 0.4) is 0 Å². The number of ether oxygens (including phenoxy) is 2. The van der Waals surface area contributed by atoms with Crippen molar-refractivity contribution >= 4 is 57.2 Å². The van der Waals surface area contributed by atoms with Gasteiger partial charge in [-0.05, 0) is 37.3 Å². The minimum atomic E-state index is -1.18. The van der Waals surface area contributed by atoms with Gasteiger partial charge in [-0.1, -0.05) is 23.2 Å². The molecule has 7 nitrogen and oxygen atoms in total. The highest BCUT2D eigenvalue weighted by Gasteiger charge is 2.28. The van der Waals surface area contributed by atoms with Crippen molar-refractivity contribution in [3.05, 3.63) is 62.6 Å². The maximum atomic E-state index is 13.5. The van der Waals surface area contributed by atoms with Crippen molar-refractivity contribution < 1.29 is 24.2 Å². The molecule has 1 aromatic heterocycles. The molecule has 0 spiro atoms. The Hall–Kier alpha value is -2.81. The lowest BCUT2D eigenvalue weighted by atomic mass is 10.1. The number of carboxylic acid groups (broad SMARTS) is 1. The Morgan fingerprint density at radius 1 is 1.07 bits per heavy atom. The smallest absolute Gasteiger partial charge is 0.355 e. The van der Waals surface area contributed by atoms with Gasteiger partial charge in [-0.15, -0.1) is 11.3 Å². The fraction of sp³-hybridized carbons (Fsp3) is 0.150. The van der Waals surface area contributed by atoms with Crippen molar-refractivity contribution in [3.63, 3.8) is 0 Å². The summed E-state index contributed by atoms with van der Waals surface area (Å²) in [4.78, 5) is 30.8. The molecule has 0 saturated carbocycles.